The third-order valence-electron chi connectivity index (χ3n) is 3.05. The molecule has 0 saturated heterocycles. The highest BCUT2D eigenvalue weighted by Crippen LogP contribution is 2.38. The van der Waals surface area contributed by atoms with E-state index in [0.29, 0.717) is 10.4 Å². The Hall–Kier alpha value is -0.890. The number of aromatic amines is 1. The van der Waals surface area contributed by atoms with E-state index in [-0.39, 0.29) is 17.5 Å². The summed E-state index contributed by atoms with van der Waals surface area (Å²) in [6.45, 7) is 0. The summed E-state index contributed by atoms with van der Waals surface area (Å²) < 4.78 is 1.63. The highest BCUT2D eigenvalue weighted by molar-refractivity contribution is 7.99. The number of nitrogens with zero attached hydrogens (tertiary/aromatic N) is 2. The molecule has 1 heterocycles. The van der Waals surface area contributed by atoms with Crippen molar-refractivity contribution in [1.29, 1.82) is 0 Å². The number of thioether (sulfide) groups is 2. The molecule has 8 heteroatoms. The third kappa shape index (κ3) is 2.74. The summed E-state index contributed by atoms with van der Waals surface area (Å²) in [5.74, 6) is -0.990. The number of aliphatic carboxylic acids is 1. The van der Waals surface area contributed by atoms with Gasteiger partial charge in [0.1, 0.15) is 0 Å². The van der Waals surface area contributed by atoms with Gasteiger partial charge in [0.05, 0.1) is 11.8 Å². The number of carbonyl (C=O) groups is 1. The number of H-pyrrole nitrogens is 1. The molecule has 1 aliphatic carbocycles. The quantitative estimate of drug-likeness (QED) is 0.792. The van der Waals surface area contributed by atoms with Crippen molar-refractivity contribution in [2.24, 2.45) is 0 Å². The summed E-state index contributed by atoms with van der Waals surface area (Å²) >= 11 is 2.84. The first kappa shape index (κ1) is 13.5. The highest BCUT2D eigenvalue weighted by Gasteiger charge is 2.31. The Morgan fingerprint density at radius 2 is 2.39 bits per heavy atom. The molecule has 1 saturated carbocycles. The molecule has 1 fully saturated rings. The number of hydrogen-bond acceptors (Lipinski definition) is 5. The zero-order valence-corrected chi connectivity index (χ0v) is 11.6. The lowest BCUT2D eigenvalue weighted by Gasteiger charge is -2.19. The smallest absolute Gasteiger partial charge is 0.344 e. The lowest BCUT2D eigenvalue weighted by Crippen LogP contribution is -2.26. The molecule has 1 aromatic heterocycles. The number of hydrogen-bond donors (Lipinski definition) is 2. The van der Waals surface area contributed by atoms with Gasteiger partial charge in [0.15, 0.2) is 5.16 Å². The fourth-order valence-electron chi connectivity index (χ4n) is 2.29. The number of rotatable bonds is 5. The highest BCUT2D eigenvalue weighted by atomic mass is 32.2. The van der Waals surface area contributed by atoms with E-state index in [1.165, 1.54) is 0 Å². The van der Waals surface area contributed by atoms with Crippen molar-refractivity contribution in [3.8, 4) is 0 Å². The van der Waals surface area contributed by atoms with Crippen LogP contribution in [0, 0.1) is 0 Å². The molecule has 2 N–H and O–H groups in total. The van der Waals surface area contributed by atoms with Gasteiger partial charge in [-0.25, -0.2) is 9.89 Å². The summed E-state index contributed by atoms with van der Waals surface area (Å²) in [5, 5.41) is 15.9. The molecule has 100 valence electrons. The van der Waals surface area contributed by atoms with Gasteiger partial charge in [-0.15, -0.1) is 5.10 Å². The fourth-order valence-corrected chi connectivity index (χ4v) is 3.98. The van der Waals surface area contributed by atoms with Crippen LogP contribution >= 0.6 is 23.5 Å². The zero-order valence-electron chi connectivity index (χ0n) is 9.96. The topological polar surface area (TPSA) is 88.0 Å². The van der Waals surface area contributed by atoms with Crippen molar-refractivity contribution >= 4 is 29.5 Å². The normalized spacial score (nSPS) is 23.4. The monoisotopic (exact) mass is 289 g/mol. The van der Waals surface area contributed by atoms with Crippen LogP contribution in [0.4, 0.5) is 0 Å². The molecule has 2 rings (SSSR count). The predicted octanol–water partition coefficient (Wildman–Crippen LogP) is 1.20. The average molecular weight is 289 g/mol. The predicted molar refractivity (Wildman–Crippen MR) is 71.4 cm³/mol. The van der Waals surface area contributed by atoms with Gasteiger partial charge in [-0.1, -0.05) is 18.2 Å². The second-order valence-electron chi connectivity index (χ2n) is 4.14. The van der Waals surface area contributed by atoms with E-state index in [0.717, 1.165) is 31.0 Å². The molecule has 0 amide bonds. The minimum Gasteiger partial charge on any atom is -0.481 e. The summed E-state index contributed by atoms with van der Waals surface area (Å²) in [6, 6.07) is 0.127. The van der Waals surface area contributed by atoms with Crippen LogP contribution in [-0.4, -0.2) is 43.1 Å². The van der Waals surface area contributed by atoms with E-state index in [1.54, 1.807) is 16.3 Å². The molecule has 6 nitrogen and oxygen atoms in total. The second kappa shape index (κ2) is 5.83. The molecule has 1 aliphatic rings. The minimum atomic E-state index is -0.908. The first-order chi connectivity index (χ1) is 8.63. The minimum absolute atomic E-state index is 0.0824. The van der Waals surface area contributed by atoms with Crippen molar-refractivity contribution in [2.45, 2.75) is 35.7 Å². The molecule has 0 radical (unpaired) electrons. The first-order valence-corrected chi connectivity index (χ1v) is 7.95. The van der Waals surface area contributed by atoms with Gasteiger partial charge in [0.25, 0.3) is 0 Å². The maximum absolute atomic E-state index is 11.8. The maximum atomic E-state index is 11.8. The molecule has 0 aromatic carbocycles. The lowest BCUT2D eigenvalue weighted by atomic mass is 10.2. The van der Waals surface area contributed by atoms with Gasteiger partial charge in [-0.05, 0) is 19.1 Å². The lowest BCUT2D eigenvalue weighted by molar-refractivity contribution is -0.133. The van der Waals surface area contributed by atoms with Gasteiger partial charge in [-0.3, -0.25) is 9.36 Å². The molecule has 0 spiro atoms. The summed E-state index contributed by atoms with van der Waals surface area (Å²) in [4.78, 5) is 22.4. The summed E-state index contributed by atoms with van der Waals surface area (Å²) in [6.07, 6.45) is 5.17. The van der Waals surface area contributed by atoms with Crippen LogP contribution in [0.2, 0.25) is 0 Å². The van der Waals surface area contributed by atoms with Crippen molar-refractivity contribution in [3.05, 3.63) is 10.5 Å². The van der Waals surface area contributed by atoms with Crippen LogP contribution < -0.4 is 5.69 Å². The van der Waals surface area contributed by atoms with Crippen LogP contribution in [0.1, 0.15) is 25.3 Å². The van der Waals surface area contributed by atoms with Crippen LogP contribution in [0.25, 0.3) is 0 Å². The Kier molecular flexibility index (Phi) is 4.39. The Balaban J connectivity index is 2.23. The van der Waals surface area contributed by atoms with Crippen LogP contribution in [-0.2, 0) is 4.79 Å². The molecule has 2 unspecified atom stereocenters. The second-order valence-corrected chi connectivity index (χ2v) is 6.16. The number of aromatic nitrogens is 3. The van der Waals surface area contributed by atoms with Crippen LogP contribution in [0.15, 0.2) is 9.95 Å². The molecular weight excluding hydrogens is 274 g/mol. The molecular formula is C10H15N3O3S2. The molecule has 0 aliphatic heterocycles. The summed E-state index contributed by atoms with van der Waals surface area (Å²) in [5.41, 5.74) is -0.242. The van der Waals surface area contributed by atoms with Gasteiger partial charge < -0.3 is 5.11 Å². The molecule has 0 bridgehead atoms. The first-order valence-electron chi connectivity index (χ1n) is 5.67. The molecule has 1 aromatic rings. The maximum Gasteiger partial charge on any atom is 0.344 e. The van der Waals surface area contributed by atoms with E-state index < -0.39 is 5.97 Å². The Bertz CT molecular complexity index is 485. The number of nitrogens with one attached hydrogen (secondary N) is 1. The van der Waals surface area contributed by atoms with E-state index >= 15 is 0 Å². The zero-order chi connectivity index (χ0) is 13.1. The van der Waals surface area contributed by atoms with Crippen molar-refractivity contribution in [2.75, 3.05) is 12.0 Å². The van der Waals surface area contributed by atoms with E-state index in [9.17, 15) is 9.59 Å². The fraction of sp³-hybridized carbons (Fsp3) is 0.700. The number of carboxylic acids is 1. The standard InChI is InChI=1S/C10H15N3O3S2/c1-17-7-4-2-3-6(7)13-9(16)11-12-10(13)18-5-8(14)15/h6-7H,2-5H2,1H3,(H,11,16)(H,14,15). The average Bonchev–Trinajstić information content (AvgIpc) is 2.92. The van der Waals surface area contributed by atoms with Gasteiger partial charge >= 0.3 is 11.7 Å². The van der Waals surface area contributed by atoms with Crippen LogP contribution in [0.3, 0.4) is 0 Å². The van der Waals surface area contributed by atoms with E-state index in [1.807, 2.05) is 6.26 Å². The van der Waals surface area contributed by atoms with Gasteiger partial charge in [0.2, 0.25) is 0 Å². The SMILES string of the molecule is CSC1CCCC1n1c(SCC(=O)O)n[nH]c1=O. The summed E-state index contributed by atoms with van der Waals surface area (Å²) in [7, 11) is 0. The van der Waals surface area contributed by atoms with Gasteiger partial charge in [-0.2, -0.15) is 11.8 Å². The third-order valence-corrected chi connectivity index (χ3v) is 5.14. The number of carboxylic acid groups (broad SMARTS) is 1. The van der Waals surface area contributed by atoms with Crippen molar-refractivity contribution in [3.63, 3.8) is 0 Å². The van der Waals surface area contributed by atoms with E-state index in [4.69, 9.17) is 5.11 Å². The van der Waals surface area contributed by atoms with Crippen LogP contribution in [0.5, 0.6) is 0 Å². The Morgan fingerprint density at radius 3 is 3.06 bits per heavy atom. The van der Waals surface area contributed by atoms with Gasteiger partial charge in [0, 0.05) is 5.25 Å². The Morgan fingerprint density at radius 1 is 1.61 bits per heavy atom. The molecule has 2 atom stereocenters. The van der Waals surface area contributed by atoms with Crippen molar-refractivity contribution in [1.82, 2.24) is 14.8 Å². The molecule has 18 heavy (non-hydrogen) atoms. The van der Waals surface area contributed by atoms with E-state index in [2.05, 4.69) is 10.2 Å². The Labute approximate surface area is 113 Å². The van der Waals surface area contributed by atoms with Crippen molar-refractivity contribution < 1.29 is 9.90 Å². The largest absolute Gasteiger partial charge is 0.481 e.